The first-order chi connectivity index (χ1) is 13.1. The minimum absolute atomic E-state index is 0.108. The van der Waals surface area contributed by atoms with Crippen LogP contribution in [0.15, 0.2) is 35.1 Å². The normalized spacial score (nSPS) is 16.1. The summed E-state index contributed by atoms with van der Waals surface area (Å²) in [6.45, 7) is 3.32. The Morgan fingerprint density at radius 2 is 2.26 bits per heavy atom. The predicted octanol–water partition coefficient (Wildman–Crippen LogP) is 2.00. The Balaban J connectivity index is 1.49. The summed E-state index contributed by atoms with van der Waals surface area (Å²) in [7, 11) is 0. The monoisotopic (exact) mass is 372 g/mol. The van der Waals surface area contributed by atoms with Gasteiger partial charge in [-0.25, -0.2) is 9.78 Å². The number of carbonyl (C=O) groups is 1. The fourth-order valence-electron chi connectivity index (χ4n) is 2.89. The van der Waals surface area contributed by atoms with E-state index < -0.39 is 0 Å². The lowest BCUT2D eigenvalue weighted by molar-refractivity contribution is 0.0682. The molecule has 3 N–H and O–H groups in total. The minimum atomic E-state index is -0.343. The van der Waals surface area contributed by atoms with Gasteiger partial charge in [-0.15, -0.1) is 0 Å². The largest absolute Gasteiger partial charge is 0.489 e. The van der Waals surface area contributed by atoms with Gasteiger partial charge in [0.25, 0.3) is 5.56 Å². The van der Waals surface area contributed by atoms with Crippen molar-refractivity contribution in [2.75, 3.05) is 25.1 Å². The summed E-state index contributed by atoms with van der Waals surface area (Å²) < 4.78 is 11.4. The number of rotatable bonds is 7. The Morgan fingerprint density at radius 3 is 3.04 bits per heavy atom. The van der Waals surface area contributed by atoms with Gasteiger partial charge in [-0.05, 0) is 31.9 Å². The predicted molar refractivity (Wildman–Crippen MR) is 101 cm³/mol. The summed E-state index contributed by atoms with van der Waals surface area (Å²) in [6.07, 6.45) is 2.62. The van der Waals surface area contributed by atoms with Crippen molar-refractivity contribution in [2.45, 2.75) is 32.3 Å². The fraction of sp³-hybridized carbons (Fsp3) is 0.421. The van der Waals surface area contributed by atoms with E-state index in [-0.39, 0.29) is 17.7 Å². The highest BCUT2D eigenvalue weighted by atomic mass is 16.5. The number of ether oxygens (including phenoxy) is 2. The number of para-hydroxylation sites is 2. The number of hydrogen-bond donors (Lipinski definition) is 3. The highest BCUT2D eigenvalue weighted by Gasteiger charge is 2.17. The van der Waals surface area contributed by atoms with Crippen LogP contribution in [0.2, 0.25) is 0 Å². The SMILES string of the molecule is Cc1nc(CCNC(=O)Nc2ccccc2OCC2CCCO2)cc(=O)[nH]1. The van der Waals surface area contributed by atoms with Crippen molar-refractivity contribution in [1.82, 2.24) is 15.3 Å². The molecule has 1 aromatic carbocycles. The van der Waals surface area contributed by atoms with Crippen LogP contribution in [0.4, 0.5) is 10.5 Å². The van der Waals surface area contributed by atoms with Crippen LogP contribution in [0.1, 0.15) is 24.4 Å². The second kappa shape index (κ2) is 9.18. The molecule has 0 saturated carbocycles. The smallest absolute Gasteiger partial charge is 0.319 e. The number of hydrogen-bond acceptors (Lipinski definition) is 5. The fourth-order valence-corrected chi connectivity index (χ4v) is 2.89. The van der Waals surface area contributed by atoms with Crippen molar-refractivity contribution >= 4 is 11.7 Å². The van der Waals surface area contributed by atoms with Gasteiger partial charge in [0.2, 0.25) is 0 Å². The molecule has 27 heavy (non-hydrogen) atoms. The molecule has 1 aromatic heterocycles. The Hall–Kier alpha value is -2.87. The van der Waals surface area contributed by atoms with Gasteiger partial charge in [-0.2, -0.15) is 0 Å². The lowest BCUT2D eigenvalue weighted by Gasteiger charge is -2.15. The third kappa shape index (κ3) is 5.82. The quantitative estimate of drug-likeness (QED) is 0.689. The van der Waals surface area contributed by atoms with Gasteiger partial charge in [0.05, 0.1) is 11.8 Å². The Bertz CT molecular complexity index is 830. The molecule has 1 fully saturated rings. The maximum absolute atomic E-state index is 12.2. The first-order valence-corrected chi connectivity index (χ1v) is 9.05. The summed E-state index contributed by atoms with van der Waals surface area (Å²) in [6, 6.07) is 8.37. The number of urea groups is 1. The molecule has 2 amide bonds. The lowest BCUT2D eigenvalue weighted by Crippen LogP contribution is -2.31. The summed E-state index contributed by atoms with van der Waals surface area (Å²) in [5, 5.41) is 5.55. The van der Waals surface area contributed by atoms with E-state index in [1.54, 1.807) is 13.0 Å². The number of nitrogens with one attached hydrogen (secondary N) is 3. The average Bonchev–Trinajstić information content (AvgIpc) is 3.14. The molecule has 0 bridgehead atoms. The number of nitrogens with zero attached hydrogens (tertiary/aromatic N) is 1. The molecule has 8 nitrogen and oxygen atoms in total. The molecule has 1 unspecified atom stereocenters. The van der Waals surface area contributed by atoms with E-state index in [9.17, 15) is 9.59 Å². The van der Waals surface area contributed by atoms with Gasteiger partial charge < -0.3 is 25.1 Å². The molecule has 3 rings (SSSR count). The minimum Gasteiger partial charge on any atom is -0.489 e. The molecule has 2 aromatic rings. The molecule has 1 aliphatic rings. The molecule has 2 heterocycles. The van der Waals surface area contributed by atoms with Gasteiger partial charge in [0.15, 0.2) is 0 Å². The Morgan fingerprint density at radius 1 is 1.41 bits per heavy atom. The van der Waals surface area contributed by atoms with Gasteiger partial charge in [-0.1, -0.05) is 12.1 Å². The van der Waals surface area contributed by atoms with Crippen LogP contribution in [-0.2, 0) is 11.2 Å². The Kier molecular flexibility index (Phi) is 6.43. The van der Waals surface area contributed by atoms with E-state index in [1.807, 2.05) is 18.2 Å². The number of aryl methyl sites for hydroxylation is 1. The van der Waals surface area contributed by atoms with Crippen LogP contribution in [0.25, 0.3) is 0 Å². The topological polar surface area (TPSA) is 105 Å². The van der Waals surface area contributed by atoms with Gasteiger partial charge >= 0.3 is 6.03 Å². The number of anilines is 1. The second-order valence-electron chi connectivity index (χ2n) is 6.40. The van der Waals surface area contributed by atoms with E-state index in [1.165, 1.54) is 6.07 Å². The van der Waals surface area contributed by atoms with E-state index in [0.29, 0.717) is 42.5 Å². The summed E-state index contributed by atoms with van der Waals surface area (Å²) in [5.74, 6) is 1.16. The van der Waals surface area contributed by atoms with Crippen molar-refractivity contribution in [3.63, 3.8) is 0 Å². The highest BCUT2D eigenvalue weighted by Crippen LogP contribution is 2.24. The summed E-state index contributed by atoms with van der Waals surface area (Å²) in [4.78, 5) is 30.4. The zero-order valence-electron chi connectivity index (χ0n) is 15.3. The molecule has 8 heteroatoms. The maximum atomic E-state index is 12.2. The zero-order valence-corrected chi connectivity index (χ0v) is 15.3. The third-order valence-corrected chi connectivity index (χ3v) is 4.16. The van der Waals surface area contributed by atoms with Gasteiger partial charge in [0.1, 0.15) is 18.2 Å². The number of carbonyl (C=O) groups excluding carboxylic acids is 1. The molecule has 0 aliphatic carbocycles. The maximum Gasteiger partial charge on any atom is 0.319 e. The number of benzene rings is 1. The number of aromatic nitrogens is 2. The zero-order chi connectivity index (χ0) is 19.1. The first kappa shape index (κ1) is 18.9. The molecule has 0 spiro atoms. The third-order valence-electron chi connectivity index (χ3n) is 4.16. The Labute approximate surface area is 157 Å². The molecule has 1 saturated heterocycles. The van der Waals surface area contributed by atoms with E-state index in [0.717, 1.165) is 19.4 Å². The number of amides is 2. The van der Waals surface area contributed by atoms with Crippen molar-refractivity contribution in [1.29, 1.82) is 0 Å². The van der Waals surface area contributed by atoms with Crippen LogP contribution in [0.5, 0.6) is 5.75 Å². The van der Waals surface area contributed by atoms with Crippen LogP contribution >= 0.6 is 0 Å². The first-order valence-electron chi connectivity index (χ1n) is 9.05. The van der Waals surface area contributed by atoms with Crippen LogP contribution in [0.3, 0.4) is 0 Å². The van der Waals surface area contributed by atoms with Crippen molar-refractivity contribution in [3.8, 4) is 5.75 Å². The van der Waals surface area contributed by atoms with E-state index >= 15 is 0 Å². The molecule has 144 valence electrons. The van der Waals surface area contributed by atoms with Crippen molar-refractivity contribution in [3.05, 3.63) is 52.2 Å². The highest BCUT2D eigenvalue weighted by molar-refractivity contribution is 5.90. The number of aromatic amines is 1. The van der Waals surface area contributed by atoms with E-state index in [2.05, 4.69) is 20.6 Å². The molecular formula is C19H24N4O4. The van der Waals surface area contributed by atoms with E-state index in [4.69, 9.17) is 9.47 Å². The van der Waals surface area contributed by atoms with Gasteiger partial charge in [0, 0.05) is 31.3 Å². The summed E-state index contributed by atoms with van der Waals surface area (Å²) in [5.41, 5.74) is 1.04. The van der Waals surface area contributed by atoms with Crippen LogP contribution in [-0.4, -0.2) is 41.9 Å². The van der Waals surface area contributed by atoms with Crippen molar-refractivity contribution < 1.29 is 14.3 Å². The van der Waals surface area contributed by atoms with Crippen LogP contribution < -0.4 is 20.9 Å². The molecule has 1 atom stereocenters. The molecular weight excluding hydrogens is 348 g/mol. The molecule has 0 radical (unpaired) electrons. The van der Waals surface area contributed by atoms with Gasteiger partial charge in [-0.3, -0.25) is 4.79 Å². The summed E-state index contributed by atoms with van der Waals surface area (Å²) >= 11 is 0. The average molecular weight is 372 g/mol. The van der Waals surface area contributed by atoms with Crippen LogP contribution in [0, 0.1) is 6.92 Å². The van der Waals surface area contributed by atoms with Crippen molar-refractivity contribution in [2.24, 2.45) is 0 Å². The number of H-pyrrole nitrogens is 1. The molecule has 1 aliphatic heterocycles. The second-order valence-corrected chi connectivity index (χ2v) is 6.40. The standard InChI is InChI=1S/C19H24N4O4/c1-13-21-14(11-18(24)22-13)8-9-20-19(25)23-16-6-2-3-7-17(16)27-12-15-5-4-10-26-15/h2-3,6-7,11,15H,4-5,8-10,12H2,1H3,(H2,20,23,25)(H,21,22,24). The lowest BCUT2D eigenvalue weighted by atomic mass is 10.2.